The minimum absolute atomic E-state index is 0.140. The first-order valence-corrected chi connectivity index (χ1v) is 11.7. The van der Waals surface area contributed by atoms with Crippen LogP contribution in [0.15, 0.2) is 70.4 Å². The fraction of sp³-hybridized carbons (Fsp3) is 0.250. The van der Waals surface area contributed by atoms with Gasteiger partial charge in [0.2, 0.25) is 15.9 Å². The van der Waals surface area contributed by atoms with E-state index in [0.29, 0.717) is 30.9 Å². The lowest BCUT2D eigenvalue weighted by Crippen LogP contribution is -2.43. The summed E-state index contributed by atoms with van der Waals surface area (Å²) in [7, 11) is -3.66. The number of aromatic nitrogens is 3. The number of benzene rings is 1. The Labute approximate surface area is 183 Å². The van der Waals surface area contributed by atoms with E-state index in [9.17, 15) is 13.2 Å². The summed E-state index contributed by atoms with van der Waals surface area (Å²) in [5, 5.41) is 7.06. The van der Waals surface area contributed by atoms with Crippen LogP contribution in [-0.4, -0.2) is 46.5 Å². The molecule has 3 heterocycles. The summed E-state index contributed by atoms with van der Waals surface area (Å²) in [5.74, 6) is -0.173. The first-order chi connectivity index (χ1) is 14.4. The van der Waals surface area contributed by atoms with Crippen LogP contribution in [0.2, 0.25) is 0 Å². The van der Waals surface area contributed by atoms with Gasteiger partial charge in [-0.2, -0.15) is 9.40 Å². The van der Waals surface area contributed by atoms with Crippen LogP contribution in [0.1, 0.15) is 12.8 Å². The Kier molecular flexibility index (Phi) is 5.98. The average Bonchev–Trinajstić information content (AvgIpc) is 3.29. The number of carbonyl (C=O) groups is 1. The molecule has 0 radical (unpaired) electrons. The third-order valence-electron chi connectivity index (χ3n) is 4.97. The van der Waals surface area contributed by atoms with E-state index in [2.05, 4.69) is 31.3 Å². The quantitative estimate of drug-likeness (QED) is 0.593. The molecule has 10 heteroatoms. The highest BCUT2D eigenvalue weighted by atomic mass is 79.9. The molecule has 3 aromatic rings. The van der Waals surface area contributed by atoms with Gasteiger partial charge in [0, 0.05) is 36.2 Å². The zero-order chi connectivity index (χ0) is 21.1. The summed E-state index contributed by atoms with van der Waals surface area (Å²) in [6.45, 7) is 0.537. The first-order valence-electron chi connectivity index (χ1n) is 9.47. The van der Waals surface area contributed by atoms with Crippen molar-refractivity contribution in [1.29, 1.82) is 0 Å². The zero-order valence-electron chi connectivity index (χ0n) is 16.0. The van der Waals surface area contributed by atoms with E-state index in [-0.39, 0.29) is 17.3 Å². The second-order valence-corrected chi connectivity index (χ2v) is 9.82. The predicted molar refractivity (Wildman–Crippen MR) is 116 cm³/mol. The number of pyridine rings is 1. The van der Waals surface area contributed by atoms with E-state index < -0.39 is 15.9 Å². The van der Waals surface area contributed by atoms with Crippen LogP contribution in [0.4, 0.5) is 5.69 Å². The second kappa shape index (κ2) is 8.66. The highest BCUT2D eigenvalue weighted by Crippen LogP contribution is 2.26. The van der Waals surface area contributed by atoms with Crippen LogP contribution in [0.3, 0.4) is 0 Å². The molecule has 8 nitrogen and oxygen atoms in total. The van der Waals surface area contributed by atoms with Crippen LogP contribution in [0, 0.1) is 5.92 Å². The molecule has 1 aliphatic heterocycles. The Hall–Kier alpha value is -2.56. The maximum atomic E-state index is 13.0. The van der Waals surface area contributed by atoms with Crippen LogP contribution in [-0.2, 0) is 14.8 Å². The predicted octanol–water partition coefficient (Wildman–Crippen LogP) is 3.07. The van der Waals surface area contributed by atoms with Gasteiger partial charge in [0.05, 0.1) is 16.5 Å². The number of halogens is 1. The number of piperidine rings is 1. The molecule has 1 atom stereocenters. The Morgan fingerprint density at radius 3 is 2.67 bits per heavy atom. The molecular formula is C20H20BrN5O3S. The molecule has 30 heavy (non-hydrogen) atoms. The molecule has 156 valence electrons. The zero-order valence-corrected chi connectivity index (χ0v) is 18.4. The van der Waals surface area contributed by atoms with Crippen LogP contribution in [0.25, 0.3) is 5.82 Å². The van der Waals surface area contributed by atoms with Crippen molar-refractivity contribution in [3.8, 4) is 5.82 Å². The number of hydrogen-bond acceptors (Lipinski definition) is 5. The van der Waals surface area contributed by atoms with Crippen molar-refractivity contribution in [2.75, 3.05) is 18.4 Å². The van der Waals surface area contributed by atoms with Gasteiger partial charge in [-0.25, -0.2) is 18.1 Å². The number of hydrogen-bond donors (Lipinski definition) is 1. The topological polar surface area (TPSA) is 97.2 Å². The third kappa shape index (κ3) is 4.30. The number of nitrogens with zero attached hydrogens (tertiary/aromatic N) is 4. The van der Waals surface area contributed by atoms with Crippen molar-refractivity contribution < 1.29 is 13.2 Å². The van der Waals surface area contributed by atoms with Crippen LogP contribution in [0.5, 0.6) is 0 Å². The van der Waals surface area contributed by atoms with Gasteiger partial charge in [-0.1, -0.05) is 15.9 Å². The van der Waals surface area contributed by atoms with Crippen LogP contribution >= 0.6 is 15.9 Å². The number of amides is 1. The lowest BCUT2D eigenvalue weighted by Gasteiger charge is -2.31. The van der Waals surface area contributed by atoms with E-state index in [1.807, 2.05) is 0 Å². The van der Waals surface area contributed by atoms with Gasteiger partial charge in [0.15, 0.2) is 5.82 Å². The Bertz CT molecular complexity index is 1130. The largest absolute Gasteiger partial charge is 0.323 e. The first kappa shape index (κ1) is 20.7. The second-order valence-electron chi connectivity index (χ2n) is 6.97. The smallest absolute Gasteiger partial charge is 0.243 e. The van der Waals surface area contributed by atoms with Gasteiger partial charge in [-0.05, 0) is 55.3 Å². The van der Waals surface area contributed by atoms with Gasteiger partial charge >= 0.3 is 0 Å². The fourth-order valence-electron chi connectivity index (χ4n) is 3.44. The molecule has 0 aliphatic carbocycles. The van der Waals surface area contributed by atoms with E-state index >= 15 is 0 Å². The normalized spacial score (nSPS) is 17.6. The van der Waals surface area contributed by atoms with Crippen molar-refractivity contribution in [3.63, 3.8) is 0 Å². The van der Waals surface area contributed by atoms with E-state index in [1.54, 1.807) is 65.7 Å². The minimum atomic E-state index is -3.66. The molecule has 0 saturated carbocycles. The molecule has 1 fully saturated rings. The number of sulfonamides is 1. The minimum Gasteiger partial charge on any atom is -0.323 e. The highest BCUT2D eigenvalue weighted by Gasteiger charge is 2.33. The summed E-state index contributed by atoms with van der Waals surface area (Å²) in [6.07, 6.45) is 6.24. The number of carbonyl (C=O) groups excluding carboxylic acids is 1. The summed E-state index contributed by atoms with van der Waals surface area (Å²) < 4.78 is 29.8. The standard InChI is InChI=1S/C20H20BrN5O3S/c21-16-6-8-17(9-7-16)30(28,29)25-12-2-4-15(14-25)20(27)24-18-5-1-10-22-19(18)26-13-3-11-23-26/h1,3,5-11,13,15H,2,4,12,14H2,(H,24,27). The molecule has 0 spiro atoms. The van der Waals surface area contributed by atoms with Crippen molar-refractivity contribution in [2.24, 2.45) is 5.92 Å². The van der Waals surface area contributed by atoms with Crippen molar-refractivity contribution in [1.82, 2.24) is 19.1 Å². The molecular weight excluding hydrogens is 470 g/mol. The summed E-state index contributed by atoms with van der Waals surface area (Å²) in [5.41, 5.74) is 0.527. The molecule has 2 aromatic heterocycles. The van der Waals surface area contributed by atoms with Gasteiger partial charge in [-0.3, -0.25) is 4.79 Å². The number of anilines is 1. The molecule has 1 saturated heterocycles. The van der Waals surface area contributed by atoms with E-state index in [0.717, 1.165) is 4.47 Å². The third-order valence-corrected chi connectivity index (χ3v) is 7.38. The maximum absolute atomic E-state index is 13.0. The van der Waals surface area contributed by atoms with Gasteiger partial charge in [-0.15, -0.1) is 0 Å². The monoisotopic (exact) mass is 489 g/mol. The molecule has 1 aliphatic rings. The Morgan fingerprint density at radius 2 is 1.93 bits per heavy atom. The SMILES string of the molecule is O=C(Nc1cccnc1-n1cccn1)C1CCCN(S(=O)(=O)c2ccc(Br)cc2)C1. The van der Waals surface area contributed by atoms with Crippen LogP contribution < -0.4 is 5.32 Å². The lowest BCUT2D eigenvalue weighted by molar-refractivity contribution is -0.120. The summed E-state index contributed by atoms with van der Waals surface area (Å²) in [4.78, 5) is 17.5. The van der Waals surface area contributed by atoms with E-state index in [4.69, 9.17) is 0 Å². The summed E-state index contributed by atoms with van der Waals surface area (Å²) >= 11 is 3.32. The highest BCUT2D eigenvalue weighted by molar-refractivity contribution is 9.10. The van der Waals surface area contributed by atoms with E-state index in [1.165, 1.54) is 4.31 Å². The fourth-order valence-corrected chi connectivity index (χ4v) is 5.22. The molecule has 1 aromatic carbocycles. The van der Waals surface area contributed by atoms with Crippen molar-refractivity contribution in [3.05, 3.63) is 65.5 Å². The number of rotatable bonds is 5. The molecule has 1 unspecified atom stereocenters. The Morgan fingerprint density at radius 1 is 1.13 bits per heavy atom. The van der Waals surface area contributed by atoms with Gasteiger partial charge in [0.1, 0.15) is 0 Å². The number of nitrogens with one attached hydrogen (secondary N) is 1. The maximum Gasteiger partial charge on any atom is 0.243 e. The molecule has 1 N–H and O–H groups in total. The molecule has 0 bridgehead atoms. The van der Waals surface area contributed by atoms with Gasteiger partial charge in [0.25, 0.3) is 0 Å². The van der Waals surface area contributed by atoms with Crippen molar-refractivity contribution in [2.45, 2.75) is 17.7 Å². The lowest BCUT2D eigenvalue weighted by atomic mass is 9.99. The molecule has 4 rings (SSSR count). The van der Waals surface area contributed by atoms with Crippen molar-refractivity contribution >= 4 is 37.5 Å². The Balaban J connectivity index is 1.50. The average molecular weight is 490 g/mol. The van der Waals surface area contributed by atoms with Gasteiger partial charge < -0.3 is 5.32 Å². The molecule has 1 amide bonds. The summed E-state index contributed by atoms with van der Waals surface area (Å²) in [6, 6.07) is 11.8.